The van der Waals surface area contributed by atoms with Crippen LogP contribution in [0.4, 0.5) is 0 Å². The molecule has 2 aromatic heterocycles. The van der Waals surface area contributed by atoms with Gasteiger partial charge in [-0.2, -0.15) is 0 Å². The molecule has 1 amide bonds. The minimum atomic E-state index is -0.497. The highest BCUT2D eigenvalue weighted by Gasteiger charge is 2.18. The Labute approximate surface area is 173 Å². The van der Waals surface area contributed by atoms with Gasteiger partial charge in [0.25, 0.3) is 11.5 Å². The molecular formula is C21H25N5O4. The van der Waals surface area contributed by atoms with Gasteiger partial charge >= 0.3 is 5.69 Å². The number of aromatic nitrogens is 3. The average molecular weight is 411 g/mol. The number of nitrogens with zero attached hydrogens (tertiary/aromatic N) is 4. The molecule has 0 saturated heterocycles. The number of aryl methyl sites for hydroxylation is 1. The number of fused-ring (bicyclic) bond motifs is 1. The quantitative estimate of drug-likeness (QED) is 0.640. The minimum absolute atomic E-state index is 0.0823. The van der Waals surface area contributed by atoms with Gasteiger partial charge in [0, 0.05) is 20.6 Å². The van der Waals surface area contributed by atoms with Gasteiger partial charge < -0.3 is 15.0 Å². The number of hydrogen-bond acceptors (Lipinski definition) is 6. The highest BCUT2D eigenvalue weighted by molar-refractivity contribution is 5.94. The lowest BCUT2D eigenvalue weighted by atomic mass is 10.1. The summed E-state index contributed by atoms with van der Waals surface area (Å²) in [6.07, 6.45) is 0. The highest BCUT2D eigenvalue weighted by Crippen LogP contribution is 2.22. The number of carbonyl (C=O) groups excluding carboxylic acids is 1. The maximum Gasteiger partial charge on any atom is 0.332 e. The topological polar surface area (TPSA) is 98.5 Å². The summed E-state index contributed by atoms with van der Waals surface area (Å²) in [4.78, 5) is 43.4. The smallest absolute Gasteiger partial charge is 0.332 e. The number of pyridine rings is 1. The van der Waals surface area contributed by atoms with E-state index in [0.717, 1.165) is 15.9 Å². The van der Waals surface area contributed by atoms with Crippen LogP contribution in [0, 0.1) is 0 Å². The van der Waals surface area contributed by atoms with Crippen LogP contribution in [-0.2, 0) is 14.1 Å². The Balaban J connectivity index is 1.87. The van der Waals surface area contributed by atoms with E-state index in [-0.39, 0.29) is 28.7 Å². The van der Waals surface area contributed by atoms with Gasteiger partial charge in [-0.25, -0.2) is 9.78 Å². The van der Waals surface area contributed by atoms with Gasteiger partial charge in [-0.1, -0.05) is 12.1 Å². The number of methoxy groups -OCH3 is 1. The highest BCUT2D eigenvalue weighted by atomic mass is 16.5. The van der Waals surface area contributed by atoms with Crippen molar-refractivity contribution in [2.45, 2.75) is 6.04 Å². The van der Waals surface area contributed by atoms with Crippen LogP contribution in [0.15, 0.2) is 46.0 Å². The van der Waals surface area contributed by atoms with E-state index >= 15 is 0 Å². The van der Waals surface area contributed by atoms with Crippen molar-refractivity contribution in [3.05, 3.63) is 68.5 Å². The molecule has 0 fully saturated rings. The number of likely N-dealkylation sites (N-methyl/N-ethyl adjacent to an activating group) is 1. The van der Waals surface area contributed by atoms with Gasteiger partial charge in [0.05, 0.1) is 18.5 Å². The van der Waals surface area contributed by atoms with Crippen molar-refractivity contribution in [2.75, 3.05) is 27.7 Å². The molecule has 9 nitrogen and oxygen atoms in total. The van der Waals surface area contributed by atoms with E-state index in [1.54, 1.807) is 7.11 Å². The van der Waals surface area contributed by atoms with Crippen LogP contribution in [0.3, 0.4) is 0 Å². The average Bonchev–Trinajstić information content (AvgIpc) is 2.75. The first kappa shape index (κ1) is 21.3. The first-order valence-electron chi connectivity index (χ1n) is 9.40. The monoisotopic (exact) mass is 411 g/mol. The van der Waals surface area contributed by atoms with Crippen molar-refractivity contribution in [3.63, 3.8) is 0 Å². The van der Waals surface area contributed by atoms with E-state index in [1.165, 1.54) is 30.8 Å². The van der Waals surface area contributed by atoms with E-state index in [0.29, 0.717) is 6.54 Å². The maximum atomic E-state index is 12.7. The number of benzene rings is 1. The second-order valence-corrected chi connectivity index (χ2v) is 7.24. The van der Waals surface area contributed by atoms with Gasteiger partial charge in [0.2, 0.25) is 0 Å². The van der Waals surface area contributed by atoms with E-state index in [9.17, 15) is 14.4 Å². The molecule has 0 aliphatic rings. The normalized spacial score (nSPS) is 12.2. The van der Waals surface area contributed by atoms with Crippen molar-refractivity contribution in [3.8, 4) is 5.75 Å². The Morgan fingerprint density at radius 3 is 2.57 bits per heavy atom. The molecule has 0 radical (unpaired) electrons. The van der Waals surface area contributed by atoms with Crippen LogP contribution >= 0.6 is 0 Å². The van der Waals surface area contributed by atoms with Crippen LogP contribution in [0.25, 0.3) is 11.0 Å². The Morgan fingerprint density at radius 1 is 1.17 bits per heavy atom. The van der Waals surface area contributed by atoms with Crippen LogP contribution in [0.5, 0.6) is 5.75 Å². The Bertz CT molecular complexity index is 1210. The Kier molecular flexibility index (Phi) is 6.02. The predicted octanol–water partition coefficient (Wildman–Crippen LogP) is 0.674. The first-order valence-corrected chi connectivity index (χ1v) is 9.40. The SMILES string of the molecule is COc1cccc(C(CNC(=O)c2ccc3c(=O)n(C)c(=O)n(C)c3n2)N(C)C)c1. The summed E-state index contributed by atoms with van der Waals surface area (Å²) in [6.45, 7) is 0.341. The molecule has 0 aliphatic carbocycles. The van der Waals surface area contributed by atoms with Crippen LogP contribution in [-0.4, -0.2) is 52.7 Å². The lowest BCUT2D eigenvalue weighted by Gasteiger charge is -2.25. The molecule has 1 atom stereocenters. The van der Waals surface area contributed by atoms with E-state index in [4.69, 9.17) is 4.74 Å². The van der Waals surface area contributed by atoms with Gasteiger partial charge in [0.15, 0.2) is 0 Å². The second kappa shape index (κ2) is 8.50. The molecule has 9 heteroatoms. The van der Waals surface area contributed by atoms with Crippen LogP contribution in [0.2, 0.25) is 0 Å². The molecule has 1 N–H and O–H groups in total. The molecule has 0 spiro atoms. The first-order chi connectivity index (χ1) is 14.2. The van der Waals surface area contributed by atoms with Crippen molar-refractivity contribution in [1.82, 2.24) is 24.3 Å². The van der Waals surface area contributed by atoms with Crippen molar-refractivity contribution < 1.29 is 9.53 Å². The van der Waals surface area contributed by atoms with E-state index in [1.807, 2.05) is 43.3 Å². The maximum absolute atomic E-state index is 12.7. The molecule has 1 unspecified atom stereocenters. The molecule has 158 valence electrons. The fourth-order valence-corrected chi connectivity index (χ4v) is 3.31. The molecular weight excluding hydrogens is 386 g/mol. The lowest BCUT2D eigenvalue weighted by molar-refractivity contribution is 0.0937. The van der Waals surface area contributed by atoms with Gasteiger partial charge in [0.1, 0.15) is 17.1 Å². The Hall–Kier alpha value is -3.46. The van der Waals surface area contributed by atoms with E-state index in [2.05, 4.69) is 10.3 Å². The predicted molar refractivity (Wildman–Crippen MR) is 114 cm³/mol. The lowest BCUT2D eigenvalue weighted by Crippen LogP contribution is -2.38. The summed E-state index contributed by atoms with van der Waals surface area (Å²) in [7, 11) is 8.39. The Morgan fingerprint density at radius 2 is 1.90 bits per heavy atom. The zero-order valence-corrected chi connectivity index (χ0v) is 17.7. The molecule has 0 aliphatic heterocycles. The third kappa shape index (κ3) is 3.97. The molecule has 3 aromatic rings. The molecule has 30 heavy (non-hydrogen) atoms. The molecule has 0 bridgehead atoms. The third-order valence-electron chi connectivity index (χ3n) is 5.09. The number of carbonyl (C=O) groups is 1. The fourth-order valence-electron chi connectivity index (χ4n) is 3.31. The van der Waals surface area contributed by atoms with Crippen molar-refractivity contribution >= 4 is 16.9 Å². The number of nitrogens with one attached hydrogen (secondary N) is 1. The summed E-state index contributed by atoms with van der Waals surface area (Å²) in [5, 5.41) is 3.16. The summed E-state index contributed by atoms with van der Waals surface area (Å²) in [5.74, 6) is 0.351. The number of amides is 1. The molecule has 3 rings (SSSR count). The zero-order valence-electron chi connectivity index (χ0n) is 17.7. The van der Waals surface area contributed by atoms with Gasteiger partial charge in [-0.3, -0.25) is 18.7 Å². The molecule has 0 saturated carbocycles. The standard InChI is InChI=1S/C21H25N5O4/c1-24(2)17(13-7-6-8-14(11-13)30-5)12-22-19(27)16-10-9-15-18(23-16)25(3)21(29)26(4)20(15)28/h6-11,17H,12H2,1-5H3,(H,22,27). The van der Waals surface area contributed by atoms with Gasteiger partial charge in [-0.15, -0.1) is 0 Å². The van der Waals surface area contributed by atoms with Crippen LogP contribution in [0.1, 0.15) is 22.1 Å². The summed E-state index contributed by atoms with van der Waals surface area (Å²) in [6, 6.07) is 10.6. The fraction of sp³-hybridized carbons (Fsp3) is 0.333. The van der Waals surface area contributed by atoms with E-state index < -0.39 is 11.2 Å². The van der Waals surface area contributed by atoms with Crippen molar-refractivity contribution in [2.24, 2.45) is 14.1 Å². The molecule has 2 heterocycles. The molecule has 1 aromatic carbocycles. The zero-order chi connectivity index (χ0) is 22.0. The number of rotatable bonds is 6. The summed E-state index contributed by atoms with van der Waals surface area (Å²) >= 11 is 0. The largest absolute Gasteiger partial charge is 0.497 e. The number of ether oxygens (including phenoxy) is 1. The van der Waals surface area contributed by atoms with Gasteiger partial charge in [-0.05, 0) is 43.9 Å². The minimum Gasteiger partial charge on any atom is -0.497 e. The van der Waals surface area contributed by atoms with Crippen LogP contribution < -0.4 is 21.3 Å². The summed E-state index contributed by atoms with van der Waals surface area (Å²) in [5.41, 5.74) is 0.361. The summed E-state index contributed by atoms with van der Waals surface area (Å²) < 4.78 is 7.56. The second-order valence-electron chi connectivity index (χ2n) is 7.24. The van der Waals surface area contributed by atoms with Crippen molar-refractivity contribution in [1.29, 1.82) is 0 Å². The number of hydrogen-bond donors (Lipinski definition) is 1. The third-order valence-corrected chi connectivity index (χ3v) is 5.09.